The number of nitrogens with one attached hydrogen (secondary N) is 1. The largest absolute Gasteiger partial charge is 0.437 e. The third kappa shape index (κ3) is 7.34. The fourth-order valence-electron chi connectivity index (χ4n) is 2.55. The summed E-state index contributed by atoms with van der Waals surface area (Å²) in [6, 6.07) is 12.9. The van der Waals surface area contributed by atoms with Gasteiger partial charge in [0.15, 0.2) is 5.03 Å². The van der Waals surface area contributed by atoms with Crippen LogP contribution in [0.15, 0.2) is 70.8 Å². The first-order chi connectivity index (χ1) is 15.0. The SMILES string of the molecule is CC(C)OCCCNC(=O)c1ccc(Oc2nccnc2Sc2ccc(F)cc2)cc1. The number of rotatable bonds is 10. The molecule has 1 aromatic heterocycles. The Kier molecular flexibility index (Phi) is 8.37. The number of aromatic nitrogens is 2. The van der Waals surface area contributed by atoms with E-state index in [4.69, 9.17) is 9.47 Å². The van der Waals surface area contributed by atoms with Crippen LogP contribution in [0.25, 0.3) is 0 Å². The molecule has 8 heteroatoms. The molecule has 1 amide bonds. The van der Waals surface area contributed by atoms with Crippen molar-refractivity contribution in [1.29, 1.82) is 0 Å². The zero-order chi connectivity index (χ0) is 22.1. The minimum absolute atomic E-state index is 0.150. The Labute approximate surface area is 185 Å². The lowest BCUT2D eigenvalue weighted by Crippen LogP contribution is -2.25. The van der Waals surface area contributed by atoms with Crippen LogP contribution < -0.4 is 10.1 Å². The van der Waals surface area contributed by atoms with E-state index in [0.717, 1.165) is 11.3 Å². The van der Waals surface area contributed by atoms with Crippen LogP contribution in [-0.2, 0) is 4.74 Å². The number of nitrogens with zero attached hydrogens (tertiary/aromatic N) is 2. The van der Waals surface area contributed by atoms with E-state index < -0.39 is 0 Å². The molecule has 0 bridgehead atoms. The Bertz CT molecular complexity index is 982. The van der Waals surface area contributed by atoms with Crippen LogP contribution in [0.4, 0.5) is 4.39 Å². The summed E-state index contributed by atoms with van der Waals surface area (Å²) in [4.78, 5) is 21.6. The van der Waals surface area contributed by atoms with E-state index in [-0.39, 0.29) is 17.8 Å². The highest BCUT2D eigenvalue weighted by atomic mass is 32.2. The van der Waals surface area contributed by atoms with E-state index in [1.165, 1.54) is 30.1 Å². The molecular weight excluding hydrogens is 417 g/mol. The number of halogens is 1. The Balaban J connectivity index is 1.57. The van der Waals surface area contributed by atoms with Crippen LogP contribution in [0.3, 0.4) is 0 Å². The fraction of sp³-hybridized carbons (Fsp3) is 0.261. The Morgan fingerprint density at radius 1 is 1.06 bits per heavy atom. The number of amides is 1. The zero-order valence-corrected chi connectivity index (χ0v) is 18.2. The highest BCUT2D eigenvalue weighted by Crippen LogP contribution is 2.33. The first-order valence-electron chi connectivity index (χ1n) is 9.93. The van der Waals surface area contributed by atoms with Crippen molar-refractivity contribution in [2.45, 2.75) is 36.3 Å². The minimum Gasteiger partial charge on any atom is -0.437 e. The topological polar surface area (TPSA) is 73.3 Å². The number of hydrogen-bond donors (Lipinski definition) is 1. The standard InChI is InChI=1S/C23H24FN3O3S/c1-16(2)29-15-3-12-25-21(28)17-4-8-19(9-5-17)30-22-23(27-14-13-26-22)31-20-10-6-18(24)7-11-20/h4-11,13-14,16H,3,12,15H2,1-2H3,(H,25,28). The average Bonchev–Trinajstić information content (AvgIpc) is 2.76. The molecule has 0 unspecified atom stereocenters. The first kappa shape index (κ1) is 22.7. The van der Waals surface area contributed by atoms with Gasteiger partial charge in [0, 0.05) is 36.0 Å². The summed E-state index contributed by atoms with van der Waals surface area (Å²) in [5, 5.41) is 3.43. The van der Waals surface area contributed by atoms with Crippen LogP contribution >= 0.6 is 11.8 Å². The molecule has 0 spiro atoms. The van der Waals surface area contributed by atoms with Crippen molar-refractivity contribution < 1.29 is 18.7 Å². The summed E-state index contributed by atoms with van der Waals surface area (Å²) in [5.41, 5.74) is 0.539. The van der Waals surface area contributed by atoms with E-state index in [1.807, 2.05) is 13.8 Å². The van der Waals surface area contributed by atoms with Crippen LogP contribution in [0.1, 0.15) is 30.6 Å². The molecule has 0 saturated heterocycles. The number of carbonyl (C=O) groups is 1. The van der Waals surface area contributed by atoms with Crippen molar-refractivity contribution in [3.63, 3.8) is 0 Å². The Morgan fingerprint density at radius 2 is 1.77 bits per heavy atom. The molecule has 31 heavy (non-hydrogen) atoms. The minimum atomic E-state index is -0.298. The van der Waals surface area contributed by atoms with Gasteiger partial charge in [0.2, 0.25) is 0 Å². The Hall–Kier alpha value is -2.97. The molecule has 0 aliphatic heterocycles. The van der Waals surface area contributed by atoms with Gasteiger partial charge in [0.1, 0.15) is 11.6 Å². The van der Waals surface area contributed by atoms with Gasteiger partial charge in [-0.25, -0.2) is 14.4 Å². The lowest BCUT2D eigenvalue weighted by molar-refractivity contribution is 0.0757. The predicted molar refractivity (Wildman–Crippen MR) is 117 cm³/mol. The molecule has 1 N–H and O–H groups in total. The van der Waals surface area contributed by atoms with Crippen molar-refractivity contribution in [1.82, 2.24) is 15.3 Å². The number of carbonyl (C=O) groups excluding carboxylic acids is 1. The van der Waals surface area contributed by atoms with Crippen LogP contribution in [-0.4, -0.2) is 35.1 Å². The van der Waals surface area contributed by atoms with Crippen molar-refractivity contribution in [3.05, 3.63) is 72.3 Å². The van der Waals surface area contributed by atoms with Gasteiger partial charge in [-0.3, -0.25) is 4.79 Å². The van der Waals surface area contributed by atoms with E-state index in [2.05, 4.69) is 15.3 Å². The molecule has 0 radical (unpaired) electrons. The highest BCUT2D eigenvalue weighted by Gasteiger charge is 2.11. The van der Waals surface area contributed by atoms with Gasteiger partial charge < -0.3 is 14.8 Å². The molecular formula is C23H24FN3O3S. The molecule has 0 aliphatic carbocycles. The van der Waals surface area contributed by atoms with E-state index in [0.29, 0.717) is 35.4 Å². The number of benzene rings is 2. The quantitative estimate of drug-likeness (QED) is 0.441. The van der Waals surface area contributed by atoms with Crippen LogP contribution in [0.5, 0.6) is 11.6 Å². The van der Waals surface area contributed by atoms with Crippen LogP contribution in [0.2, 0.25) is 0 Å². The maximum atomic E-state index is 13.1. The molecule has 0 fully saturated rings. The predicted octanol–water partition coefficient (Wildman–Crippen LogP) is 5.10. The van der Waals surface area contributed by atoms with Crippen molar-refractivity contribution in [2.24, 2.45) is 0 Å². The van der Waals surface area contributed by atoms with Gasteiger partial charge in [0.25, 0.3) is 11.8 Å². The smallest absolute Gasteiger partial charge is 0.252 e. The van der Waals surface area contributed by atoms with E-state index >= 15 is 0 Å². The third-order valence-corrected chi connectivity index (χ3v) is 5.03. The molecule has 0 aliphatic rings. The summed E-state index contributed by atoms with van der Waals surface area (Å²) in [5.74, 6) is 0.415. The van der Waals surface area contributed by atoms with Crippen LogP contribution in [0, 0.1) is 5.82 Å². The summed E-state index contributed by atoms with van der Waals surface area (Å²) in [6.07, 6.45) is 4.05. The molecule has 2 aromatic carbocycles. The van der Waals surface area contributed by atoms with Gasteiger partial charge in [-0.1, -0.05) is 11.8 Å². The second-order valence-electron chi connectivity index (χ2n) is 6.88. The third-order valence-electron chi connectivity index (χ3n) is 4.05. The molecule has 0 atom stereocenters. The van der Waals surface area contributed by atoms with E-state index in [9.17, 15) is 9.18 Å². The molecule has 1 heterocycles. The molecule has 162 valence electrons. The lowest BCUT2D eigenvalue weighted by Gasteiger charge is -2.10. The summed E-state index contributed by atoms with van der Waals surface area (Å²) < 4.78 is 24.4. The van der Waals surface area contributed by atoms with Crippen molar-refractivity contribution in [3.8, 4) is 11.6 Å². The van der Waals surface area contributed by atoms with Crippen molar-refractivity contribution in [2.75, 3.05) is 13.2 Å². The molecule has 6 nitrogen and oxygen atoms in total. The lowest BCUT2D eigenvalue weighted by atomic mass is 10.2. The van der Waals surface area contributed by atoms with Crippen molar-refractivity contribution >= 4 is 17.7 Å². The first-order valence-corrected chi connectivity index (χ1v) is 10.7. The second kappa shape index (κ2) is 11.4. The summed E-state index contributed by atoms with van der Waals surface area (Å²) in [7, 11) is 0. The second-order valence-corrected chi connectivity index (χ2v) is 7.94. The maximum Gasteiger partial charge on any atom is 0.252 e. The fourth-order valence-corrected chi connectivity index (χ4v) is 3.34. The van der Waals surface area contributed by atoms with Gasteiger partial charge in [-0.2, -0.15) is 0 Å². The molecule has 3 rings (SSSR count). The van der Waals surface area contributed by atoms with Gasteiger partial charge >= 0.3 is 0 Å². The van der Waals surface area contributed by atoms with E-state index in [1.54, 1.807) is 42.6 Å². The maximum absolute atomic E-state index is 13.1. The normalized spacial score (nSPS) is 10.8. The monoisotopic (exact) mass is 441 g/mol. The van der Waals surface area contributed by atoms with Gasteiger partial charge in [-0.15, -0.1) is 0 Å². The molecule has 3 aromatic rings. The molecule has 0 saturated carbocycles. The Morgan fingerprint density at radius 3 is 2.48 bits per heavy atom. The average molecular weight is 442 g/mol. The van der Waals surface area contributed by atoms with Gasteiger partial charge in [0.05, 0.1) is 6.10 Å². The zero-order valence-electron chi connectivity index (χ0n) is 17.4. The number of hydrogen-bond acceptors (Lipinski definition) is 6. The number of ether oxygens (including phenoxy) is 2. The van der Waals surface area contributed by atoms with Gasteiger partial charge in [-0.05, 0) is 68.8 Å². The summed E-state index contributed by atoms with van der Waals surface area (Å²) in [6.45, 7) is 5.12. The highest BCUT2D eigenvalue weighted by molar-refractivity contribution is 7.99. The summed E-state index contributed by atoms with van der Waals surface area (Å²) >= 11 is 1.33.